The van der Waals surface area contributed by atoms with Crippen molar-refractivity contribution in [3.63, 3.8) is 0 Å². The van der Waals surface area contributed by atoms with Crippen LogP contribution in [0.1, 0.15) is 12.0 Å². The monoisotopic (exact) mass is 337 g/mol. The van der Waals surface area contributed by atoms with Gasteiger partial charge in [0.25, 0.3) is 21.5 Å². The van der Waals surface area contributed by atoms with Gasteiger partial charge >= 0.3 is 12.0 Å². The van der Waals surface area contributed by atoms with Crippen LogP contribution >= 0.6 is 0 Å². The summed E-state index contributed by atoms with van der Waals surface area (Å²) in [6, 6.07) is 0. The molecule has 1 aromatic heterocycles. The minimum absolute atomic E-state index is 0.00150. The molecule has 0 radical (unpaired) electrons. The molecule has 1 heterocycles. The van der Waals surface area contributed by atoms with Gasteiger partial charge < -0.3 is 4.74 Å². The summed E-state index contributed by atoms with van der Waals surface area (Å²) in [5, 5.41) is 13.6. The van der Waals surface area contributed by atoms with Crippen LogP contribution in [0.3, 0.4) is 0 Å². The van der Waals surface area contributed by atoms with Crippen LogP contribution in [0, 0.1) is 10.1 Å². The fourth-order valence-electron chi connectivity index (χ4n) is 1.23. The van der Waals surface area contributed by atoms with Gasteiger partial charge in [-0.25, -0.2) is 27.3 Å². The van der Waals surface area contributed by atoms with Gasteiger partial charge in [-0.05, 0) is 0 Å². The predicted molar refractivity (Wildman–Crippen MR) is 53.9 cm³/mol. The first kappa shape index (κ1) is 17.0. The van der Waals surface area contributed by atoms with Gasteiger partial charge in [-0.1, -0.05) is 0 Å². The standard InChI is InChI=1S/C7H4F5N3O5S/c8-5(9)2-1-14-6(21(13,18)19)3(15(16)17)4(2)20-7(10,11)12/h1,5H,(H2,13,18,19). The number of alkyl halides is 5. The summed E-state index contributed by atoms with van der Waals surface area (Å²) in [5.74, 6) is -1.98. The molecule has 0 aliphatic heterocycles. The first-order valence-electron chi connectivity index (χ1n) is 4.58. The molecule has 0 fully saturated rings. The number of pyridine rings is 1. The number of hydrogen-bond acceptors (Lipinski definition) is 6. The van der Waals surface area contributed by atoms with Crippen molar-refractivity contribution in [2.24, 2.45) is 5.14 Å². The molecule has 1 aromatic rings. The minimum Gasteiger partial charge on any atom is -0.398 e. The molecule has 21 heavy (non-hydrogen) atoms. The fraction of sp³-hybridized carbons (Fsp3) is 0.286. The van der Waals surface area contributed by atoms with E-state index in [0.29, 0.717) is 0 Å². The number of aromatic nitrogens is 1. The number of nitro groups is 1. The van der Waals surface area contributed by atoms with Gasteiger partial charge in [-0.15, -0.1) is 13.2 Å². The molecule has 2 N–H and O–H groups in total. The van der Waals surface area contributed by atoms with Crippen molar-refractivity contribution in [3.8, 4) is 5.75 Å². The van der Waals surface area contributed by atoms with E-state index in [2.05, 4.69) is 14.9 Å². The highest BCUT2D eigenvalue weighted by Crippen LogP contribution is 2.42. The van der Waals surface area contributed by atoms with Gasteiger partial charge in [-0.2, -0.15) is 0 Å². The maximum Gasteiger partial charge on any atom is 0.573 e. The summed E-state index contributed by atoms with van der Waals surface area (Å²) in [4.78, 5) is 11.8. The molecule has 0 saturated heterocycles. The lowest BCUT2D eigenvalue weighted by atomic mass is 10.2. The zero-order valence-electron chi connectivity index (χ0n) is 9.47. The lowest BCUT2D eigenvalue weighted by Gasteiger charge is -2.13. The second kappa shape index (κ2) is 5.36. The van der Waals surface area contributed by atoms with E-state index in [9.17, 15) is 40.5 Å². The summed E-state index contributed by atoms with van der Waals surface area (Å²) < 4.78 is 86.9. The molecule has 1 rings (SSSR count). The molecular formula is C7H4F5N3O5S. The van der Waals surface area contributed by atoms with Crippen LogP contribution in [0.2, 0.25) is 0 Å². The average Bonchev–Trinajstić information content (AvgIpc) is 2.23. The quantitative estimate of drug-likeness (QED) is 0.504. The van der Waals surface area contributed by atoms with Crippen molar-refractivity contribution in [2.45, 2.75) is 17.8 Å². The Morgan fingerprint density at radius 2 is 1.90 bits per heavy atom. The molecule has 8 nitrogen and oxygen atoms in total. The number of rotatable bonds is 4. The first-order chi connectivity index (χ1) is 9.34. The summed E-state index contributed by atoms with van der Waals surface area (Å²) in [7, 11) is -4.94. The molecule has 0 atom stereocenters. The molecule has 0 aromatic carbocycles. The normalized spacial score (nSPS) is 12.5. The van der Waals surface area contributed by atoms with Crippen LogP contribution in [0.15, 0.2) is 11.2 Å². The van der Waals surface area contributed by atoms with Crippen molar-refractivity contribution in [2.75, 3.05) is 0 Å². The molecule has 14 heteroatoms. The van der Waals surface area contributed by atoms with E-state index in [1.165, 1.54) is 0 Å². The van der Waals surface area contributed by atoms with Crippen molar-refractivity contribution in [1.82, 2.24) is 4.98 Å². The van der Waals surface area contributed by atoms with Crippen LogP contribution in [-0.2, 0) is 10.0 Å². The van der Waals surface area contributed by atoms with Gasteiger partial charge in [-0.3, -0.25) is 10.1 Å². The second-order valence-corrected chi connectivity index (χ2v) is 4.82. The third-order valence-corrected chi connectivity index (χ3v) is 2.74. The second-order valence-electron chi connectivity index (χ2n) is 3.35. The third kappa shape index (κ3) is 3.94. The van der Waals surface area contributed by atoms with Crippen LogP contribution < -0.4 is 9.88 Å². The minimum atomic E-state index is -5.58. The van der Waals surface area contributed by atoms with E-state index >= 15 is 0 Å². The number of hydrogen-bond donors (Lipinski definition) is 1. The zero-order valence-corrected chi connectivity index (χ0v) is 10.3. The number of sulfonamides is 1. The molecular weight excluding hydrogens is 333 g/mol. The number of primary sulfonamides is 1. The number of nitrogens with two attached hydrogens (primary N) is 1. The van der Waals surface area contributed by atoms with E-state index in [0.717, 1.165) is 0 Å². The highest BCUT2D eigenvalue weighted by molar-refractivity contribution is 7.89. The maximum atomic E-state index is 12.6. The van der Waals surface area contributed by atoms with Crippen LogP contribution in [0.5, 0.6) is 5.75 Å². The van der Waals surface area contributed by atoms with Gasteiger partial charge in [0.2, 0.25) is 5.75 Å². The Bertz CT molecular complexity index is 674. The number of ether oxygens (including phenoxy) is 1. The smallest absolute Gasteiger partial charge is 0.398 e. The SMILES string of the molecule is NS(=O)(=O)c1ncc(C(F)F)c(OC(F)(F)F)c1[N+](=O)[O-]. The molecule has 118 valence electrons. The predicted octanol–water partition coefficient (Wildman–Crippen LogP) is 1.47. The van der Waals surface area contributed by atoms with E-state index < -0.39 is 49.8 Å². The van der Waals surface area contributed by atoms with Gasteiger partial charge in [0, 0.05) is 6.20 Å². The highest BCUT2D eigenvalue weighted by Gasteiger charge is 2.41. The van der Waals surface area contributed by atoms with Crippen LogP contribution in [0.4, 0.5) is 27.6 Å². The zero-order chi connectivity index (χ0) is 16.6. The fourth-order valence-corrected chi connectivity index (χ4v) is 1.87. The van der Waals surface area contributed by atoms with Crippen molar-refractivity contribution in [3.05, 3.63) is 21.9 Å². The molecule has 0 bridgehead atoms. The van der Waals surface area contributed by atoms with Crippen molar-refractivity contribution in [1.29, 1.82) is 0 Å². The Morgan fingerprint density at radius 1 is 1.38 bits per heavy atom. The summed E-state index contributed by atoms with van der Waals surface area (Å²) >= 11 is 0. The average molecular weight is 337 g/mol. The molecule has 0 saturated carbocycles. The molecule has 0 aliphatic carbocycles. The Hall–Kier alpha value is -2.09. The Balaban J connectivity index is 3.79. The van der Waals surface area contributed by atoms with Gasteiger partial charge in [0.15, 0.2) is 0 Å². The number of nitrogens with zero attached hydrogens (tertiary/aromatic N) is 2. The largest absolute Gasteiger partial charge is 0.573 e. The lowest BCUT2D eigenvalue weighted by molar-refractivity contribution is -0.392. The van der Waals surface area contributed by atoms with Crippen molar-refractivity contribution < 1.29 is 40.0 Å². The Morgan fingerprint density at radius 3 is 2.24 bits per heavy atom. The lowest BCUT2D eigenvalue weighted by Crippen LogP contribution is -2.22. The van der Waals surface area contributed by atoms with Crippen molar-refractivity contribution >= 4 is 15.7 Å². The maximum absolute atomic E-state index is 12.6. The molecule has 0 amide bonds. The third-order valence-electron chi connectivity index (χ3n) is 1.91. The summed E-state index contributed by atoms with van der Waals surface area (Å²) in [6.45, 7) is 0. The molecule has 0 unspecified atom stereocenters. The molecule has 0 spiro atoms. The highest BCUT2D eigenvalue weighted by atomic mass is 32.2. The Labute approximate surface area is 112 Å². The van der Waals surface area contributed by atoms with E-state index in [-0.39, 0.29) is 6.20 Å². The van der Waals surface area contributed by atoms with Crippen LogP contribution in [0.25, 0.3) is 0 Å². The van der Waals surface area contributed by atoms with E-state index in [4.69, 9.17) is 0 Å². The summed E-state index contributed by atoms with van der Waals surface area (Å²) in [6.07, 6.45) is -9.22. The van der Waals surface area contributed by atoms with E-state index in [1.807, 2.05) is 0 Å². The van der Waals surface area contributed by atoms with Gasteiger partial charge in [0.1, 0.15) is 0 Å². The topological polar surface area (TPSA) is 125 Å². The summed E-state index contributed by atoms with van der Waals surface area (Å²) in [5.41, 5.74) is -3.53. The van der Waals surface area contributed by atoms with Crippen LogP contribution in [-0.4, -0.2) is 24.7 Å². The first-order valence-corrected chi connectivity index (χ1v) is 6.13. The number of halogens is 5. The van der Waals surface area contributed by atoms with Gasteiger partial charge in [0.05, 0.1) is 10.5 Å². The van der Waals surface area contributed by atoms with E-state index in [1.54, 1.807) is 0 Å². The Kier molecular flexibility index (Phi) is 4.33. The molecule has 0 aliphatic rings.